The smallest absolute Gasteiger partial charge is 0.140 e. The molecule has 2 nitrogen and oxygen atoms in total. The van der Waals surface area contributed by atoms with Crippen LogP contribution in [0.25, 0.3) is 5.65 Å². The van der Waals surface area contributed by atoms with Gasteiger partial charge in [0.1, 0.15) is 5.65 Å². The molecule has 0 atom stereocenters. The lowest BCUT2D eigenvalue weighted by molar-refractivity contribution is 0.594. The molecule has 0 fully saturated rings. The van der Waals surface area contributed by atoms with Crippen LogP contribution in [0.1, 0.15) is 31.9 Å². The molecular weight excluding hydrogens is 172 g/mol. The second kappa shape index (κ2) is 2.84. The molecular formula is C12H16N2. The molecule has 0 aromatic carbocycles. The first-order chi connectivity index (χ1) is 6.48. The van der Waals surface area contributed by atoms with Gasteiger partial charge in [0.2, 0.25) is 0 Å². The molecule has 0 aliphatic carbocycles. The summed E-state index contributed by atoms with van der Waals surface area (Å²) in [5.41, 5.74) is 3.73. The number of aromatic nitrogens is 2. The fraction of sp³-hybridized carbons (Fsp3) is 0.417. The molecule has 2 rings (SSSR count). The zero-order chi connectivity index (χ0) is 10.3. The van der Waals surface area contributed by atoms with Gasteiger partial charge in [-0.05, 0) is 24.0 Å². The average molecular weight is 188 g/mol. The Morgan fingerprint density at radius 3 is 2.64 bits per heavy atom. The Morgan fingerprint density at radius 2 is 2.00 bits per heavy atom. The standard InChI is InChI=1S/C12H16N2/c1-9-7-13-11-10(12(2,3)4)5-6-14(11)8-9/h5-8H,1-4H3. The molecule has 2 aromatic heterocycles. The highest BCUT2D eigenvalue weighted by molar-refractivity contribution is 5.52. The van der Waals surface area contributed by atoms with Gasteiger partial charge < -0.3 is 4.40 Å². The third-order valence-electron chi connectivity index (χ3n) is 2.43. The third kappa shape index (κ3) is 1.41. The molecule has 74 valence electrons. The summed E-state index contributed by atoms with van der Waals surface area (Å²) >= 11 is 0. The summed E-state index contributed by atoms with van der Waals surface area (Å²) in [5.74, 6) is 0. The van der Waals surface area contributed by atoms with Crippen LogP contribution in [0.2, 0.25) is 0 Å². The predicted molar refractivity (Wildman–Crippen MR) is 58.6 cm³/mol. The van der Waals surface area contributed by atoms with E-state index in [2.05, 4.69) is 55.5 Å². The van der Waals surface area contributed by atoms with Gasteiger partial charge in [0.05, 0.1) is 0 Å². The maximum atomic E-state index is 4.47. The van der Waals surface area contributed by atoms with Crippen LogP contribution in [0.15, 0.2) is 24.7 Å². The van der Waals surface area contributed by atoms with E-state index in [1.54, 1.807) is 0 Å². The quantitative estimate of drug-likeness (QED) is 0.621. The molecule has 0 spiro atoms. The van der Waals surface area contributed by atoms with Crippen molar-refractivity contribution in [3.05, 3.63) is 35.8 Å². The summed E-state index contributed by atoms with van der Waals surface area (Å²) in [5, 5.41) is 0. The van der Waals surface area contributed by atoms with Gasteiger partial charge in [-0.15, -0.1) is 0 Å². The summed E-state index contributed by atoms with van der Waals surface area (Å²) < 4.78 is 2.09. The van der Waals surface area contributed by atoms with Crippen molar-refractivity contribution in [2.24, 2.45) is 0 Å². The molecule has 14 heavy (non-hydrogen) atoms. The topological polar surface area (TPSA) is 17.3 Å². The lowest BCUT2D eigenvalue weighted by Gasteiger charge is -2.16. The second-order valence-electron chi connectivity index (χ2n) is 4.84. The first-order valence-corrected chi connectivity index (χ1v) is 4.92. The van der Waals surface area contributed by atoms with E-state index in [0.717, 1.165) is 5.65 Å². The summed E-state index contributed by atoms with van der Waals surface area (Å²) in [7, 11) is 0. The summed E-state index contributed by atoms with van der Waals surface area (Å²) in [4.78, 5) is 4.47. The van der Waals surface area contributed by atoms with Gasteiger partial charge in [-0.25, -0.2) is 4.98 Å². The van der Waals surface area contributed by atoms with Crippen LogP contribution in [0.4, 0.5) is 0 Å². The highest BCUT2D eigenvalue weighted by Gasteiger charge is 2.18. The van der Waals surface area contributed by atoms with Crippen LogP contribution in [-0.2, 0) is 5.41 Å². The number of fused-ring (bicyclic) bond motifs is 1. The van der Waals surface area contributed by atoms with E-state index < -0.39 is 0 Å². The normalized spacial score (nSPS) is 12.3. The molecule has 0 saturated carbocycles. The van der Waals surface area contributed by atoms with Crippen molar-refractivity contribution in [3.8, 4) is 0 Å². The first kappa shape index (κ1) is 9.25. The van der Waals surface area contributed by atoms with Crippen molar-refractivity contribution in [3.63, 3.8) is 0 Å². The number of aryl methyl sites for hydroxylation is 1. The highest BCUT2D eigenvalue weighted by Crippen LogP contribution is 2.26. The van der Waals surface area contributed by atoms with Crippen molar-refractivity contribution in [1.82, 2.24) is 9.38 Å². The fourth-order valence-corrected chi connectivity index (χ4v) is 1.68. The van der Waals surface area contributed by atoms with Crippen LogP contribution >= 0.6 is 0 Å². The number of hydrogen-bond acceptors (Lipinski definition) is 1. The van der Waals surface area contributed by atoms with Crippen molar-refractivity contribution in [2.75, 3.05) is 0 Å². The monoisotopic (exact) mass is 188 g/mol. The SMILES string of the molecule is Cc1cnc2c(C(C)(C)C)ccn2c1. The van der Waals surface area contributed by atoms with Gasteiger partial charge >= 0.3 is 0 Å². The van der Waals surface area contributed by atoms with E-state index in [1.807, 2.05) is 6.20 Å². The van der Waals surface area contributed by atoms with E-state index >= 15 is 0 Å². The molecule has 0 amide bonds. The van der Waals surface area contributed by atoms with Crippen LogP contribution in [0.3, 0.4) is 0 Å². The van der Waals surface area contributed by atoms with Crippen LogP contribution in [0, 0.1) is 6.92 Å². The van der Waals surface area contributed by atoms with Crippen molar-refractivity contribution in [1.29, 1.82) is 0 Å². The van der Waals surface area contributed by atoms with Crippen molar-refractivity contribution < 1.29 is 0 Å². The Labute approximate surface area is 84.6 Å². The van der Waals surface area contributed by atoms with E-state index in [-0.39, 0.29) is 5.41 Å². The van der Waals surface area contributed by atoms with Crippen LogP contribution in [-0.4, -0.2) is 9.38 Å². The van der Waals surface area contributed by atoms with Gasteiger partial charge in [0.25, 0.3) is 0 Å². The molecule has 0 saturated heterocycles. The van der Waals surface area contributed by atoms with Gasteiger partial charge in [-0.1, -0.05) is 20.8 Å². The van der Waals surface area contributed by atoms with E-state index in [1.165, 1.54) is 11.1 Å². The molecule has 0 radical (unpaired) electrons. The Morgan fingerprint density at radius 1 is 1.29 bits per heavy atom. The highest BCUT2D eigenvalue weighted by atomic mass is 15.0. The largest absolute Gasteiger partial charge is 0.308 e. The first-order valence-electron chi connectivity index (χ1n) is 4.92. The lowest BCUT2D eigenvalue weighted by atomic mass is 9.89. The van der Waals surface area contributed by atoms with E-state index in [9.17, 15) is 0 Å². The van der Waals surface area contributed by atoms with Crippen LogP contribution < -0.4 is 0 Å². The third-order valence-corrected chi connectivity index (χ3v) is 2.43. The van der Waals surface area contributed by atoms with Gasteiger partial charge in [-0.3, -0.25) is 0 Å². The average Bonchev–Trinajstić information content (AvgIpc) is 2.45. The Balaban J connectivity index is 2.70. The van der Waals surface area contributed by atoms with Gasteiger partial charge in [0, 0.05) is 24.2 Å². The number of rotatable bonds is 0. The maximum Gasteiger partial charge on any atom is 0.140 e. The Bertz CT molecular complexity index is 461. The molecule has 2 heteroatoms. The zero-order valence-corrected chi connectivity index (χ0v) is 9.20. The predicted octanol–water partition coefficient (Wildman–Crippen LogP) is 2.94. The Hall–Kier alpha value is -1.31. The maximum absolute atomic E-state index is 4.47. The number of nitrogens with zero attached hydrogens (tertiary/aromatic N) is 2. The summed E-state index contributed by atoms with van der Waals surface area (Å²) in [6, 6.07) is 2.15. The minimum atomic E-state index is 0.164. The number of hydrogen-bond donors (Lipinski definition) is 0. The minimum absolute atomic E-state index is 0.164. The second-order valence-corrected chi connectivity index (χ2v) is 4.84. The molecule has 0 aliphatic rings. The van der Waals surface area contributed by atoms with E-state index in [4.69, 9.17) is 0 Å². The molecule has 0 unspecified atom stereocenters. The van der Waals surface area contributed by atoms with Gasteiger partial charge in [-0.2, -0.15) is 0 Å². The van der Waals surface area contributed by atoms with Gasteiger partial charge in [0.15, 0.2) is 0 Å². The Kier molecular flexibility index (Phi) is 1.88. The zero-order valence-electron chi connectivity index (χ0n) is 9.20. The molecule has 0 N–H and O–H groups in total. The van der Waals surface area contributed by atoms with Crippen LogP contribution in [0.5, 0.6) is 0 Å². The fourth-order valence-electron chi connectivity index (χ4n) is 1.68. The van der Waals surface area contributed by atoms with Crippen molar-refractivity contribution in [2.45, 2.75) is 33.1 Å². The minimum Gasteiger partial charge on any atom is -0.308 e. The molecule has 0 bridgehead atoms. The van der Waals surface area contributed by atoms with Crippen molar-refractivity contribution >= 4 is 5.65 Å². The molecule has 2 heterocycles. The molecule has 2 aromatic rings. The summed E-state index contributed by atoms with van der Waals surface area (Å²) in [6.07, 6.45) is 6.11. The summed E-state index contributed by atoms with van der Waals surface area (Å²) in [6.45, 7) is 8.70. The molecule has 0 aliphatic heterocycles. The lowest BCUT2D eigenvalue weighted by Crippen LogP contribution is -2.11. The van der Waals surface area contributed by atoms with E-state index in [0.29, 0.717) is 0 Å².